The van der Waals surface area contributed by atoms with Crippen molar-refractivity contribution >= 4 is 40.8 Å². The van der Waals surface area contributed by atoms with Crippen molar-refractivity contribution < 1.29 is 23.6 Å². The normalized spacial score (nSPS) is 15.8. The number of carbonyl (C=O) groups is 4. The lowest BCUT2D eigenvalue weighted by Crippen LogP contribution is -2.51. The molecule has 2 N–H and O–H groups in total. The Kier molecular flexibility index (Phi) is 8.00. The molecule has 4 amide bonds. The molecule has 1 fully saturated rings. The van der Waals surface area contributed by atoms with E-state index in [9.17, 15) is 23.6 Å². The van der Waals surface area contributed by atoms with Crippen molar-refractivity contribution in [2.75, 3.05) is 13.1 Å². The average molecular weight is 470 g/mol. The van der Waals surface area contributed by atoms with E-state index in [1.54, 1.807) is 19.9 Å². The van der Waals surface area contributed by atoms with E-state index >= 15 is 0 Å². The Labute approximate surface area is 195 Å². The van der Waals surface area contributed by atoms with Gasteiger partial charge in [-0.2, -0.15) is 0 Å². The van der Waals surface area contributed by atoms with E-state index in [0.717, 1.165) is 22.2 Å². The number of benzene rings is 2. The van der Waals surface area contributed by atoms with Crippen molar-refractivity contribution in [1.29, 1.82) is 0 Å². The lowest BCUT2D eigenvalue weighted by atomic mass is 10.0. The molecular formula is C24H24FN3O4S. The first kappa shape index (κ1) is 24.2. The quantitative estimate of drug-likeness (QED) is 0.578. The lowest BCUT2D eigenvalue weighted by Gasteiger charge is -2.22. The van der Waals surface area contributed by atoms with Crippen LogP contribution in [0.3, 0.4) is 0 Å². The number of nitrogens with one attached hydrogen (secondary N) is 2. The predicted molar refractivity (Wildman–Crippen MR) is 125 cm³/mol. The van der Waals surface area contributed by atoms with Crippen LogP contribution in [0.4, 0.5) is 9.18 Å². The van der Waals surface area contributed by atoms with E-state index in [4.69, 9.17) is 0 Å². The largest absolute Gasteiger partial charge is 0.353 e. The minimum Gasteiger partial charge on any atom is -0.353 e. The first-order valence-electron chi connectivity index (χ1n) is 10.4. The number of imide groups is 1. The molecular weight excluding hydrogens is 445 g/mol. The Balaban J connectivity index is 1.56. The van der Waals surface area contributed by atoms with Gasteiger partial charge in [-0.15, -0.1) is 0 Å². The van der Waals surface area contributed by atoms with Crippen LogP contribution in [-0.2, 0) is 9.59 Å². The van der Waals surface area contributed by atoms with E-state index in [0.29, 0.717) is 4.91 Å². The average Bonchev–Trinajstić information content (AvgIpc) is 3.05. The molecule has 1 saturated heterocycles. The van der Waals surface area contributed by atoms with Gasteiger partial charge in [0.1, 0.15) is 11.9 Å². The number of amides is 4. The second-order valence-electron chi connectivity index (χ2n) is 7.74. The first-order valence-corrected chi connectivity index (χ1v) is 11.2. The maximum absolute atomic E-state index is 13.1. The van der Waals surface area contributed by atoms with Crippen molar-refractivity contribution in [3.8, 4) is 0 Å². The zero-order valence-corrected chi connectivity index (χ0v) is 19.0. The molecule has 0 unspecified atom stereocenters. The van der Waals surface area contributed by atoms with E-state index in [1.807, 2.05) is 30.3 Å². The van der Waals surface area contributed by atoms with Gasteiger partial charge in [0.2, 0.25) is 5.91 Å². The van der Waals surface area contributed by atoms with Gasteiger partial charge >= 0.3 is 0 Å². The number of halogens is 1. The molecule has 0 saturated carbocycles. The summed E-state index contributed by atoms with van der Waals surface area (Å²) in [4.78, 5) is 51.3. The molecule has 2 aromatic carbocycles. The Morgan fingerprint density at radius 3 is 2.36 bits per heavy atom. The highest BCUT2D eigenvalue weighted by molar-refractivity contribution is 8.18. The minimum atomic E-state index is -0.838. The fraction of sp³-hybridized carbons (Fsp3) is 0.250. The van der Waals surface area contributed by atoms with Crippen LogP contribution in [0.15, 0.2) is 59.5 Å². The molecule has 7 nitrogen and oxygen atoms in total. The number of carbonyl (C=O) groups excluding carboxylic acids is 4. The maximum atomic E-state index is 13.1. The Bertz CT molecular complexity index is 1070. The number of rotatable bonds is 8. The van der Waals surface area contributed by atoms with Gasteiger partial charge in [0.25, 0.3) is 17.1 Å². The van der Waals surface area contributed by atoms with Gasteiger partial charge in [-0.25, -0.2) is 4.39 Å². The van der Waals surface area contributed by atoms with Crippen molar-refractivity contribution in [1.82, 2.24) is 15.5 Å². The second kappa shape index (κ2) is 10.9. The van der Waals surface area contributed by atoms with Crippen LogP contribution in [0.2, 0.25) is 0 Å². The van der Waals surface area contributed by atoms with Gasteiger partial charge < -0.3 is 10.6 Å². The van der Waals surface area contributed by atoms with E-state index in [1.165, 1.54) is 24.3 Å². The van der Waals surface area contributed by atoms with Crippen LogP contribution in [0.5, 0.6) is 0 Å². The van der Waals surface area contributed by atoms with Gasteiger partial charge in [-0.3, -0.25) is 24.1 Å². The summed E-state index contributed by atoms with van der Waals surface area (Å²) in [7, 11) is 0. The Hall–Kier alpha value is -3.46. The monoisotopic (exact) mass is 469 g/mol. The number of hydrogen-bond acceptors (Lipinski definition) is 5. The van der Waals surface area contributed by atoms with Crippen molar-refractivity contribution in [2.45, 2.75) is 19.9 Å². The third-order valence-corrected chi connectivity index (χ3v) is 5.86. The highest BCUT2D eigenvalue weighted by atomic mass is 32.2. The first-order chi connectivity index (χ1) is 15.8. The standard InChI is InChI=1S/C24H24FN3O4S/c1-15(2)20(27-21(29)17-8-10-18(25)11-9-17)22(30)26-12-13-28-23(31)19(33-24(28)32)14-16-6-4-3-5-7-16/h3-11,14-15,20H,12-13H2,1-2H3,(H,26,30)(H,27,29)/b19-14-/t20-/m0/s1. The van der Waals surface area contributed by atoms with Crippen LogP contribution < -0.4 is 10.6 Å². The van der Waals surface area contributed by atoms with E-state index < -0.39 is 34.8 Å². The fourth-order valence-corrected chi connectivity index (χ4v) is 4.02. The van der Waals surface area contributed by atoms with E-state index in [-0.39, 0.29) is 24.6 Å². The molecule has 1 heterocycles. The van der Waals surface area contributed by atoms with Crippen LogP contribution in [0, 0.1) is 11.7 Å². The Morgan fingerprint density at radius 1 is 1.06 bits per heavy atom. The summed E-state index contributed by atoms with van der Waals surface area (Å²) in [5, 5.41) is 4.92. The number of nitrogens with zero attached hydrogens (tertiary/aromatic N) is 1. The molecule has 0 spiro atoms. The molecule has 1 atom stereocenters. The lowest BCUT2D eigenvalue weighted by molar-refractivity contribution is -0.125. The molecule has 3 rings (SSSR count). The van der Waals surface area contributed by atoms with Crippen LogP contribution in [-0.4, -0.2) is 47.0 Å². The maximum Gasteiger partial charge on any atom is 0.293 e. The summed E-state index contributed by atoms with van der Waals surface area (Å²) < 4.78 is 13.1. The van der Waals surface area contributed by atoms with Crippen molar-refractivity contribution in [3.05, 3.63) is 76.4 Å². The molecule has 0 radical (unpaired) electrons. The third-order valence-electron chi connectivity index (χ3n) is 4.95. The number of thioether (sulfide) groups is 1. The zero-order valence-electron chi connectivity index (χ0n) is 18.2. The zero-order chi connectivity index (χ0) is 24.0. The topological polar surface area (TPSA) is 95.6 Å². The van der Waals surface area contributed by atoms with Crippen LogP contribution in [0.25, 0.3) is 6.08 Å². The minimum absolute atomic E-state index is 0.0132. The fourth-order valence-electron chi connectivity index (χ4n) is 3.16. The van der Waals surface area contributed by atoms with Crippen LogP contribution >= 0.6 is 11.8 Å². The van der Waals surface area contributed by atoms with Gasteiger partial charge in [-0.1, -0.05) is 44.2 Å². The highest BCUT2D eigenvalue weighted by Crippen LogP contribution is 2.31. The van der Waals surface area contributed by atoms with Gasteiger partial charge in [0.05, 0.1) is 4.91 Å². The molecule has 1 aliphatic heterocycles. The summed E-state index contributed by atoms with van der Waals surface area (Å²) >= 11 is 0.856. The third kappa shape index (κ3) is 6.29. The number of hydrogen-bond donors (Lipinski definition) is 2. The molecule has 9 heteroatoms. The molecule has 0 bridgehead atoms. The van der Waals surface area contributed by atoms with E-state index in [2.05, 4.69) is 10.6 Å². The SMILES string of the molecule is CC(C)[C@H](NC(=O)c1ccc(F)cc1)C(=O)NCCN1C(=O)S/C(=C\c2ccccc2)C1=O. The van der Waals surface area contributed by atoms with Crippen molar-refractivity contribution in [3.63, 3.8) is 0 Å². The highest BCUT2D eigenvalue weighted by Gasteiger charge is 2.35. The Morgan fingerprint density at radius 2 is 1.73 bits per heavy atom. The van der Waals surface area contributed by atoms with Crippen molar-refractivity contribution in [2.24, 2.45) is 5.92 Å². The smallest absolute Gasteiger partial charge is 0.293 e. The summed E-state index contributed by atoms with van der Waals surface area (Å²) in [6.07, 6.45) is 1.66. The van der Waals surface area contributed by atoms with Gasteiger partial charge in [-0.05, 0) is 53.6 Å². The predicted octanol–water partition coefficient (Wildman–Crippen LogP) is 3.43. The molecule has 172 valence electrons. The summed E-state index contributed by atoms with van der Waals surface area (Å²) in [5.74, 6) is -2.03. The summed E-state index contributed by atoms with van der Waals surface area (Å²) in [6, 6.07) is 13.4. The summed E-state index contributed by atoms with van der Waals surface area (Å²) in [5.41, 5.74) is 1.05. The molecule has 2 aromatic rings. The molecule has 0 aromatic heterocycles. The van der Waals surface area contributed by atoms with Crippen LogP contribution in [0.1, 0.15) is 29.8 Å². The summed E-state index contributed by atoms with van der Waals surface area (Å²) in [6.45, 7) is 3.62. The second-order valence-corrected chi connectivity index (χ2v) is 8.73. The molecule has 1 aliphatic rings. The molecule has 33 heavy (non-hydrogen) atoms. The molecule has 0 aliphatic carbocycles. The van der Waals surface area contributed by atoms with Gasteiger partial charge in [0, 0.05) is 18.7 Å². The van der Waals surface area contributed by atoms with Gasteiger partial charge in [0.15, 0.2) is 0 Å².